The summed E-state index contributed by atoms with van der Waals surface area (Å²) in [6.45, 7) is 8.20. The number of halogens is 1. The molecule has 3 aromatic rings. The van der Waals surface area contributed by atoms with Crippen molar-refractivity contribution in [3.05, 3.63) is 89.7 Å². The minimum Gasteiger partial charge on any atom is -0.495 e. The van der Waals surface area contributed by atoms with Crippen LogP contribution in [0, 0.1) is 12.7 Å². The molecule has 0 saturated carbocycles. The maximum absolute atomic E-state index is 14.0. The molecule has 0 aliphatic heterocycles. The van der Waals surface area contributed by atoms with Crippen molar-refractivity contribution >= 4 is 27.5 Å². The Bertz CT molecular complexity index is 1440. The van der Waals surface area contributed by atoms with E-state index in [-0.39, 0.29) is 22.9 Å². The van der Waals surface area contributed by atoms with Gasteiger partial charge in [0.05, 0.1) is 17.7 Å². The predicted molar refractivity (Wildman–Crippen MR) is 153 cm³/mol. The van der Waals surface area contributed by atoms with Crippen molar-refractivity contribution in [1.82, 2.24) is 10.2 Å². The Morgan fingerprint density at radius 1 is 1.00 bits per heavy atom. The van der Waals surface area contributed by atoms with Crippen LogP contribution in [0.2, 0.25) is 0 Å². The quantitative estimate of drug-likeness (QED) is 0.383. The molecule has 0 aliphatic carbocycles. The van der Waals surface area contributed by atoms with E-state index in [1.807, 2.05) is 20.8 Å². The molecular weight excluding hydrogens is 533 g/mol. The van der Waals surface area contributed by atoms with Crippen LogP contribution >= 0.6 is 0 Å². The van der Waals surface area contributed by atoms with Crippen LogP contribution in [-0.2, 0) is 26.2 Å². The van der Waals surface area contributed by atoms with Crippen molar-refractivity contribution in [2.75, 3.05) is 18.0 Å². The summed E-state index contributed by atoms with van der Waals surface area (Å²) in [6.07, 6.45) is 0. The Hall–Kier alpha value is -3.92. The van der Waals surface area contributed by atoms with Gasteiger partial charge in [-0.25, -0.2) is 12.8 Å². The number of hydrogen-bond donors (Lipinski definition) is 1. The fourth-order valence-electron chi connectivity index (χ4n) is 4.07. The lowest BCUT2D eigenvalue weighted by atomic mass is 10.1. The molecule has 0 fully saturated rings. The van der Waals surface area contributed by atoms with Crippen molar-refractivity contribution < 1.29 is 27.1 Å². The van der Waals surface area contributed by atoms with Gasteiger partial charge in [-0.2, -0.15) is 0 Å². The number of ether oxygens (including phenoxy) is 1. The smallest absolute Gasteiger partial charge is 0.264 e. The van der Waals surface area contributed by atoms with Crippen LogP contribution < -0.4 is 14.4 Å². The Kier molecular flexibility index (Phi) is 9.57. The van der Waals surface area contributed by atoms with Gasteiger partial charge in [0.2, 0.25) is 11.8 Å². The fraction of sp³-hybridized carbons (Fsp3) is 0.333. The molecule has 214 valence electrons. The Morgan fingerprint density at radius 2 is 1.62 bits per heavy atom. The lowest BCUT2D eigenvalue weighted by Gasteiger charge is -2.33. The van der Waals surface area contributed by atoms with E-state index in [4.69, 9.17) is 4.74 Å². The SMILES string of the molecule is COc1ccc(C)cc1N(CC(=O)N(Cc1ccc(F)cc1)C(C)C(=O)NC(C)(C)C)S(=O)(=O)c1ccccc1. The van der Waals surface area contributed by atoms with Gasteiger partial charge in [0, 0.05) is 12.1 Å². The first-order valence-corrected chi connectivity index (χ1v) is 14.3. The first-order valence-electron chi connectivity index (χ1n) is 12.8. The largest absolute Gasteiger partial charge is 0.495 e. The molecule has 3 aromatic carbocycles. The number of hydrogen-bond acceptors (Lipinski definition) is 5. The highest BCUT2D eigenvalue weighted by molar-refractivity contribution is 7.92. The second kappa shape index (κ2) is 12.5. The summed E-state index contributed by atoms with van der Waals surface area (Å²) < 4.78 is 47.9. The van der Waals surface area contributed by atoms with E-state index >= 15 is 0 Å². The van der Waals surface area contributed by atoms with Crippen LogP contribution in [0.5, 0.6) is 5.75 Å². The molecule has 0 radical (unpaired) electrons. The maximum atomic E-state index is 14.0. The molecule has 0 bridgehead atoms. The highest BCUT2D eigenvalue weighted by atomic mass is 32.2. The van der Waals surface area contributed by atoms with E-state index < -0.39 is 45.8 Å². The Balaban J connectivity index is 2.09. The lowest BCUT2D eigenvalue weighted by Crippen LogP contribution is -2.54. The fourth-order valence-corrected chi connectivity index (χ4v) is 5.51. The summed E-state index contributed by atoms with van der Waals surface area (Å²) in [7, 11) is -2.81. The van der Waals surface area contributed by atoms with Gasteiger partial charge in [-0.05, 0) is 82.1 Å². The van der Waals surface area contributed by atoms with Gasteiger partial charge in [-0.1, -0.05) is 36.4 Å². The number of sulfonamides is 1. The van der Waals surface area contributed by atoms with E-state index in [1.54, 1.807) is 50.2 Å². The molecule has 1 unspecified atom stereocenters. The van der Waals surface area contributed by atoms with E-state index in [0.29, 0.717) is 5.56 Å². The number of amides is 2. The second-order valence-electron chi connectivity index (χ2n) is 10.6. The molecule has 0 spiro atoms. The number of nitrogens with one attached hydrogen (secondary N) is 1. The van der Waals surface area contributed by atoms with E-state index in [9.17, 15) is 22.4 Å². The van der Waals surface area contributed by atoms with Crippen molar-refractivity contribution in [2.45, 2.75) is 57.6 Å². The van der Waals surface area contributed by atoms with Crippen LogP contribution in [-0.4, -0.2) is 50.4 Å². The zero-order chi connectivity index (χ0) is 29.7. The molecule has 0 aliphatic rings. The molecule has 1 atom stereocenters. The molecular formula is C30H36FN3O5S. The number of aryl methyl sites for hydroxylation is 1. The van der Waals surface area contributed by atoms with Gasteiger partial charge in [0.25, 0.3) is 10.0 Å². The van der Waals surface area contributed by atoms with Gasteiger partial charge in [0.15, 0.2) is 0 Å². The summed E-state index contributed by atoms with van der Waals surface area (Å²) in [5, 5.41) is 2.87. The predicted octanol–water partition coefficient (Wildman–Crippen LogP) is 4.67. The molecule has 10 heteroatoms. The molecule has 8 nitrogen and oxygen atoms in total. The third-order valence-corrected chi connectivity index (χ3v) is 7.92. The van der Waals surface area contributed by atoms with Crippen LogP contribution in [0.4, 0.5) is 10.1 Å². The number of nitrogens with zero attached hydrogens (tertiary/aromatic N) is 2. The summed E-state index contributed by atoms with van der Waals surface area (Å²) in [5.41, 5.74) is 0.967. The first kappa shape index (κ1) is 30.6. The van der Waals surface area contributed by atoms with Crippen molar-refractivity contribution in [2.24, 2.45) is 0 Å². The summed E-state index contributed by atoms with van der Waals surface area (Å²) in [4.78, 5) is 28.4. The van der Waals surface area contributed by atoms with Crippen LogP contribution in [0.25, 0.3) is 0 Å². The van der Waals surface area contributed by atoms with Crippen molar-refractivity contribution in [3.63, 3.8) is 0 Å². The standard InChI is InChI=1S/C30H36FN3O5S/c1-21-12-17-27(39-6)26(18-21)34(40(37,38)25-10-8-7-9-11-25)20-28(35)33(19-23-13-15-24(31)16-14-23)22(2)29(36)32-30(3,4)5/h7-18,22H,19-20H2,1-6H3,(H,32,36). The lowest BCUT2D eigenvalue weighted by molar-refractivity contribution is -0.140. The van der Waals surface area contributed by atoms with Crippen LogP contribution in [0.1, 0.15) is 38.8 Å². The Labute approximate surface area is 235 Å². The molecule has 0 saturated heterocycles. The maximum Gasteiger partial charge on any atom is 0.264 e. The Morgan fingerprint density at radius 3 is 2.20 bits per heavy atom. The molecule has 0 aromatic heterocycles. The zero-order valence-electron chi connectivity index (χ0n) is 23.6. The summed E-state index contributed by atoms with van der Waals surface area (Å²) >= 11 is 0. The van der Waals surface area contributed by atoms with Crippen molar-refractivity contribution in [3.8, 4) is 5.75 Å². The molecule has 2 amide bonds. The van der Waals surface area contributed by atoms with Gasteiger partial charge < -0.3 is 15.0 Å². The average molecular weight is 570 g/mol. The molecule has 0 heterocycles. The number of methoxy groups -OCH3 is 1. The minimum atomic E-state index is -4.23. The summed E-state index contributed by atoms with van der Waals surface area (Å²) in [6, 6.07) is 17.4. The van der Waals surface area contributed by atoms with E-state index in [0.717, 1.165) is 9.87 Å². The number of benzene rings is 3. The summed E-state index contributed by atoms with van der Waals surface area (Å²) in [5.74, 6) is -1.20. The molecule has 3 rings (SSSR count). The van der Waals surface area contributed by atoms with Crippen LogP contribution in [0.3, 0.4) is 0 Å². The second-order valence-corrected chi connectivity index (χ2v) is 12.4. The number of rotatable bonds is 10. The van der Waals surface area contributed by atoms with Gasteiger partial charge in [-0.15, -0.1) is 0 Å². The van der Waals surface area contributed by atoms with Gasteiger partial charge in [0.1, 0.15) is 24.2 Å². The first-order chi connectivity index (χ1) is 18.7. The number of carbonyl (C=O) groups excluding carboxylic acids is 2. The molecule has 1 N–H and O–H groups in total. The van der Waals surface area contributed by atoms with E-state index in [2.05, 4.69) is 5.32 Å². The third kappa shape index (κ3) is 7.59. The zero-order valence-corrected chi connectivity index (χ0v) is 24.5. The molecule has 40 heavy (non-hydrogen) atoms. The van der Waals surface area contributed by atoms with E-state index in [1.165, 1.54) is 48.4 Å². The normalized spacial score (nSPS) is 12.4. The number of anilines is 1. The highest BCUT2D eigenvalue weighted by Gasteiger charge is 2.34. The van der Waals surface area contributed by atoms with Crippen molar-refractivity contribution in [1.29, 1.82) is 0 Å². The monoisotopic (exact) mass is 569 g/mol. The third-order valence-electron chi connectivity index (χ3n) is 6.14. The van der Waals surface area contributed by atoms with Gasteiger partial charge >= 0.3 is 0 Å². The average Bonchev–Trinajstić information content (AvgIpc) is 2.90. The van der Waals surface area contributed by atoms with Crippen LogP contribution in [0.15, 0.2) is 77.7 Å². The van der Waals surface area contributed by atoms with Gasteiger partial charge in [-0.3, -0.25) is 13.9 Å². The highest BCUT2D eigenvalue weighted by Crippen LogP contribution is 2.33. The minimum absolute atomic E-state index is 0.00466. The topological polar surface area (TPSA) is 96.0 Å². The number of carbonyl (C=O) groups is 2.